The third kappa shape index (κ3) is 2.12. The van der Waals surface area contributed by atoms with Crippen LogP contribution in [0.1, 0.15) is 29.4 Å². The molecule has 1 aromatic heterocycles. The predicted molar refractivity (Wildman–Crippen MR) is 56.5 cm³/mol. The number of aliphatic hydroxyl groups excluding tert-OH is 1. The number of rotatable bonds is 4. The first-order valence-electron chi connectivity index (χ1n) is 5.09. The van der Waals surface area contributed by atoms with Gasteiger partial charge in [0.25, 0.3) is 5.91 Å². The van der Waals surface area contributed by atoms with Gasteiger partial charge in [-0.15, -0.1) is 0 Å². The second kappa shape index (κ2) is 3.94. The second-order valence-electron chi connectivity index (χ2n) is 3.78. The van der Waals surface area contributed by atoms with Gasteiger partial charge in [-0.1, -0.05) is 0 Å². The number of nitrogens with zero attached hydrogens (tertiary/aromatic N) is 1. The largest absolute Gasteiger partial charge is 0.397 e. The maximum atomic E-state index is 11.7. The molecule has 4 N–H and O–H groups in total. The molecule has 82 valence electrons. The summed E-state index contributed by atoms with van der Waals surface area (Å²) in [7, 11) is 0. The standard InChI is InChI=1S/C10H15N3O2/c11-7-5-9(10(15)12-3-4-14)13(6-7)8-1-2-8/h5-6,8,14H,1-4,11H2,(H,12,15). The van der Waals surface area contributed by atoms with Gasteiger partial charge in [-0.05, 0) is 18.9 Å². The van der Waals surface area contributed by atoms with E-state index in [2.05, 4.69) is 5.32 Å². The van der Waals surface area contributed by atoms with Crippen molar-refractivity contribution in [3.63, 3.8) is 0 Å². The van der Waals surface area contributed by atoms with Crippen molar-refractivity contribution in [3.05, 3.63) is 18.0 Å². The first-order chi connectivity index (χ1) is 7.22. The van der Waals surface area contributed by atoms with E-state index >= 15 is 0 Å². The summed E-state index contributed by atoms with van der Waals surface area (Å²) in [5.41, 5.74) is 6.86. The molecule has 0 saturated heterocycles. The quantitative estimate of drug-likeness (QED) is 0.659. The highest BCUT2D eigenvalue weighted by Crippen LogP contribution is 2.37. The minimum atomic E-state index is -0.173. The van der Waals surface area contributed by atoms with Gasteiger partial charge < -0.3 is 20.7 Å². The average Bonchev–Trinajstić information content (AvgIpc) is 2.98. The first-order valence-corrected chi connectivity index (χ1v) is 5.09. The summed E-state index contributed by atoms with van der Waals surface area (Å²) in [5.74, 6) is -0.173. The van der Waals surface area contributed by atoms with Gasteiger partial charge in [-0.2, -0.15) is 0 Å². The van der Waals surface area contributed by atoms with Crippen molar-refractivity contribution in [1.82, 2.24) is 9.88 Å². The number of nitrogen functional groups attached to an aromatic ring is 1. The van der Waals surface area contributed by atoms with Crippen LogP contribution in [0.2, 0.25) is 0 Å². The number of anilines is 1. The van der Waals surface area contributed by atoms with Crippen LogP contribution in [0.5, 0.6) is 0 Å². The van der Waals surface area contributed by atoms with Crippen LogP contribution in [0.25, 0.3) is 0 Å². The van der Waals surface area contributed by atoms with E-state index in [1.54, 1.807) is 12.3 Å². The Morgan fingerprint density at radius 3 is 3.00 bits per heavy atom. The summed E-state index contributed by atoms with van der Waals surface area (Å²) in [6, 6.07) is 2.10. The summed E-state index contributed by atoms with van der Waals surface area (Å²) in [6.07, 6.45) is 4.01. The van der Waals surface area contributed by atoms with Gasteiger partial charge in [0, 0.05) is 18.8 Å². The summed E-state index contributed by atoms with van der Waals surface area (Å²) in [6.45, 7) is 0.222. The highest BCUT2D eigenvalue weighted by Gasteiger charge is 2.27. The van der Waals surface area contributed by atoms with Crippen LogP contribution in [0.3, 0.4) is 0 Å². The zero-order valence-corrected chi connectivity index (χ0v) is 8.44. The number of carbonyl (C=O) groups excluding carboxylic acids is 1. The number of aromatic nitrogens is 1. The lowest BCUT2D eigenvalue weighted by Crippen LogP contribution is -2.28. The molecule has 1 saturated carbocycles. The van der Waals surface area contributed by atoms with Gasteiger partial charge >= 0.3 is 0 Å². The number of amides is 1. The van der Waals surface area contributed by atoms with Crippen LogP contribution < -0.4 is 11.1 Å². The van der Waals surface area contributed by atoms with Gasteiger partial charge in [0.05, 0.1) is 12.3 Å². The van der Waals surface area contributed by atoms with E-state index in [1.807, 2.05) is 4.57 Å². The molecule has 0 atom stereocenters. The number of nitrogens with two attached hydrogens (primary N) is 1. The first kappa shape index (κ1) is 10.0. The molecule has 0 unspecified atom stereocenters. The van der Waals surface area contributed by atoms with Gasteiger partial charge in [-0.25, -0.2) is 0 Å². The minimum absolute atomic E-state index is 0.0502. The lowest BCUT2D eigenvalue weighted by molar-refractivity contribution is 0.0935. The molecule has 2 rings (SSSR count). The fourth-order valence-corrected chi connectivity index (χ4v) is 1.60. The number of nitrogens with one attached hydrogen (secondary N) is 1. The van der Waals surface area contributed by atoms with Gasteiger partial charge in [0.1, 0.15) is 5.69 Å². The molecule has 1 aliphatic rings. The molecular weight excluding hydrogens is 194 g/mol. The van der Waals surface area contributed by atoms with Crippen molar-refractivity contribution in [3.8, 4) is 0 Å². The molecule has 1 amide bonds. The zero-order chi connectivity index (χ0) is 10.8. The Labute approximate surface area is 87.9 Å². The monoisotopic (exact) mass is 209 g/mol. The molecule has 0 bridgehead atoms. The Hall–Kier alpha value is -1.49. The molecule has 0 aliphatic heterocycles. The van der Waals surface area contributed by atoms with Gasteiger partial charge in [0.2, 0.25) is 0 Å². The molecular formula is C10H15N3O2. The van der Waals surface area contributed by atoms with Crippen LogP contribution in [0.15, 0.2) is 12.3 Å². The van der Waals surface area contributed by atoms with E-state index in [0.29, 0.717) is 17.4 Å². The minimum Gasteiger partial charge on any atom is -0.397 e. The van der Waals surface area contributed by atoms with Crippen molar-refractivity contribution in [2.75, 3.05) is 18.9 Å². The molecule has 1 aliphatic carbocycles. The summed E-state index contributed by atoms with van der Waals surface area (Å²) in [5, 5.41) is 11.2. The molecule has 1 heterocycles. The SMILES string of the molecule is Nc1cc(C(=O)NCCO)n(C2CC2)c1. The number of aliphatic hydroxyl groups is 1. The third-order valence-electron chi connectivity index (χ3n) is 2.44. The number of hydrogen-bond acceptors (Lipinski definition) is 3. The molecule has 1 aromatic rings. The fraction of sp³-hybridized carbons (Fsp3) is 0.500. The van der Waals surface area contributed by atoms with E-state index in [0.717, 1.165) is 12.8 Å². The summed E-state index contributed by atoms with van der Waals surface area (Å²) < 4.78 is 1.92. The topological polar surface area (TPSA) is 80.3 Å². The highest BCUT2D eigenvalue weighted by atomic mass is 16.3. The van der Waals surface area contributed by atoms with Crippen LogP contribution in [-0.2, 0) is 0 Å². The van der Waals surface area contributed by atoms with Gasteiger partial charge in [-0.3, -0.25) is 4.79 Å². The Kier molecular flexibility index (Phi) is 2.64. The molecule has 5 nitrogen and oxygen atoms in total. The number of carbonyl (C=O) groups is 1. The zero-order valence-electron chi connectivity index (χ0n) is 8.44. The Morgan fingerprint density at radius 1 is 1.67 bits per heavy atom. The van der Waals surface area contributed by atoms with E-state index in [-0.39, 0.29) is 19.1 Å². The average molecular weight is 209 g/mol. The lowest BCUT2D eigenvalue weighted by atomic mass is 10.3. The maximum Gasteiger partial charge on any atom is 0.268 e. The molecule has 0 aromatic carbocycles. The van der Waals surface area contributed by atoms with Crippen LogP contribution in [0.4, 0.5) is 5.69 Å². The summed E-state index contributed by atoms with van der Waals surface area (Å²) >= 11 is 0. The van der Waals surface area contributed by atoms with E-state index in [4.69, 9.17) is 10.8 Å². The Bertz CT molecular complexity index is 369. The van der Waals surface area contributed by atoms with Crippen LogP contribution >= 0.6 is 0 Å². The van der Waals surface area contributed by atoms with E-state index in [9.17, 15) is 4.79 Å². The third-order valence-corrected chi connectivity index (χ3v) is 2.44. The second-order valence-corrected chi connectivity index (χ2v) is 3.78. The van der Waals surface area contributed by atoms with E-state index < -0.39 is 0 Å². The Balaban J connectivity index is 2.14. The smallest absolute Gasteiger partial charge is 0.268 e. The maximum absolute atomic E-state index is 11.7. The van der Waals surface area contributed by atoms with Crippen molar-refractivity contribution in [2.45, 2.75) is 18.9 Å². The van der Waals surface area contributed by atoms with E-state index in [1.165, 1.54) is 0 Å². The Morgan fingerprint density at radius 2 is 2.40 bits per heavy atom. The molecule has 15 heavy (non-hydrogen) atoms. The molecule has 0 radical (unpaired) electrons. The van der Waals surface area contributed by atoms with Crippen LogP contribution in [0, 0.1) is 0 Å². The predicted octanol–water partition coefficient (Wildman–Crippen LogP) is 0.127. The lowest BCUT2D eigenvalue weighted by Gasteiger charge is -2.07. The number of hydrogen-bond donors (Lipinski definition) is 3. The van der Waals surface area contributed by atoms with Crippen molar-refractivity contribution in [2.24, 2.45) is 0 Å². The van der Waals surface area contributed by atoms with Crippen LogP contribution in [-0.4, -0.2) is 28.7 Å². The molecule has 0 spiro atoms. The van der Waals surface area contributed by atoms with Crippen molar-refractivity contribution < 1.29 is 9.90 Å². The molecule has 1 fully saturated rings. The highest BCUT2D eigenvalue weighted by molar-refractivity contribution is 5.93. The van der Waals surface area contributed by atoms with Crippen molar-refractivity contribution >= 4 is 11.6 Å². The fourth-order valence-electron chi connectivity index (χ4n) is 1.60. The van der Waals surface area contributed by atoms with Gasteiger partial charge in [0.15, 0.2) is 0 Å². The normalized spacial score (nSPS) is 15.3. The van der Waals surface area contributed by atoms with Crippen molar-refractivity contribution in [1.29, 1.82) is 0 Å². The molecule has 5 heteroatoms. The summed E-state index contributed by atoms with van der Waals surface area (Å²) in [4.78, 5) is 11.7.